The van der Waals surface area contributed by atoms with Gasteiger partial charge in [-0.15, -0.1) is 0 Å². The summed E-state index contributed by atoms with van der Waals surface area (Å²) in [6.07, 6.45) is 3.38. The highest BCUT2D eigenvalue weighted by Crippen LogP contribution is 2.50. The van der Waals surface area contributed by atoms with Gasteiger partial charge in [-0.05, 0) is 60.2 Å². The van der Waals surface area contributed by atoms with Crippen LogP contribution < -0.4 is 4.31 Å². The van der Waals surface area contributed by atoms with Crippen LogP contribution in [0.2, 0.25) is 0 Å². The second kappa shape index (κ2) is 7.76. The van der Waals surface area contributed by atoms with Crippen LogP contribution in [0.25, 0.3) is 22.3 Å². The number of carboxylic acid groups (broad SMARTS) is 1. The molecule has 0 atom stereocenters. The van der Waals surface area contributed by atoms with E-state index < -0.39 is 11.9 Å². The highest BCUT2D eigenvalue weighted by Gasteiger charge is 2.31. The van der Waals surface area contributed by atoms with Crippen molar-refractivity contribution in [3.63, 3.8) is 0 Å². The minimum absolute atomic E-state index is 0.0665. The first kappa shape index (κ1) is 20.4. The monoisotopic (exact) mass is 422 g/mol. The van der Waals surface area contributed by atoms with Crippen molar-refractivity contribution in [2.75, 3.05) is 10.6 Å². The van der Waals surface area contributed by atoms with E-state index in [4.69, 9.17) is 0 Å². The molecule has 0 unspecified atom stereocenters. The molecule has 1 aliphatic rings. The predicted molar refractivity (Wildman–Crippen MR) is 120 cm³/mol. The van der Waals surface area contributed by atoms with Crippen LogP contribution in [-0.2, 0) is 17.8 Å². The first-order valence-electron chi connectivity index (χ1n) is 9.73. The third-order valence-electron chi connectivity index (χ3n) is 5.81. The molecule has 154 valence electrons. The third kappa shape index (κ3) is 3.25. The molecule has 0 fully saturated rings. The van der Waals surface area contributed by atoms with Crippen molar-refractivity contribution in [2.45, 2.75) is 33.7 Å². The lowest BCUT2D eigenvalue weighted by Crippen LogP contribution is -2.23. The topological polar surface area (TPSA) is 53.4 Å². The summed E-state index contributed by atoms with van der Waals surface area (Å²) in [5, 5.41) is 9.64. The van der Waals surface area contributed by atoms with Gasteiger partial charge in [0.2, 0.25) is 5.95 Å². The molecule has 1 aliphatic heterocycles. The van der Waals surface area contributed by atoms with Crippen molar-refractivity contribution in [1.82, 2.24) is 4.98 Å². The Morgan fingerprint density at radius 2 is 1.83 bits per heavy atom. The molecule has 1 N–H and O–H groups in total. The summed E-state index contributed by atoms with van der Waals surface area (Å²) < 4.78 is 16.6. The quantitative estimate of drug-likeness (QED) is 0.431. The smallest absolute Gasteiger partial charge is 0.307 e. The number of pyridine rings is 1. The Bertz CT molecular complexity index is 1160. The Labute approximate surface area is 179 Å². The summed E-state index contributed by atoms with van der Waals surface area (Å²) in [6, 6.07) is 9.97. The van der Waals surface area contributed by atoms with Crippen LogP contribution in [0, 0.1) is 26.7 Å². The van der Waals surface area contributed by atoms with Crippen molar-refractivity contribution in [2.24, 2.45) is 0 Å². The van der Waals surface area contributed by atoms with Crippen molar-refractivity contribution in [3.8, 4) is 22.3 Å². The van der Waals surface area contributed by atoms with Gasteiger partial charge in [0.1, 0.15) is 0 Å². The van der Waals surface area contributed by atoms with Gasteiger partial charge in [-0.2, -0.15) is 4.39 Å². The van der Waals surface area contributed by atoms with E-state index in [1.165, 1.54) is 18.1 Å². The Hall–Kier alpha value is -2.86. The summed E-state index contributed by atoms with van der Waals surface area (Å²) in [6.45, 7) is 6.39. The molecule has 4 rings (SSSR count). The molecule has 0 amide bonds. The molecule has 2 aromatic carbocycles. The SMILES string of the molecule is CSN1Cc2c(ccnc2F)-c2c(C)c(-c3ccc(C)cc3)c(CC(=O)O)c(C)c21. The van der Waals surface area contributed by atoms with E-state index in [2.05, 4.69) is 4.98 Å². The number of carbonyl (C=O) groups is 1. The van der Waals surface area contributed by atoms with Crippen LogP contribution in [0.4, 0.5) is 10.1 Å². The van der Waals surface area contributed by atoms with Crippen molar-refractivity contribution < 1.29 is 14.3 Å². The molecule has 0 aliphatic carbocycles. The van der Waals surface area contributed by atoms with Crippen LogP contribution in [0.5, 0.6) is 0 Å². The van der Waals surface area contributed by atoms with Crippen LogP contribution in [0.1, 0.15) is 27.8 Å². The summed E-state index contributed by atoms with van der Waals surface area (Å²) in [4.78, 5) is 15.6. The summed E-state index contributed by atoms with van der Waals surface area (Å²) in [5.74, 6) is -1.33. The maximum Gasteiger partial charge on any atom is 0.307 e. The number of hydrogen-bond donors (Lipinski definition) is 1. The first-order valence-corrected chi connectivity index (χ1v) is 10.9. The summed E-state index contributed by atoms with van der Waals surface area (Å²) >= 11 is 1.51. The Morgan fingerprint density at radius 3 is 2.47 bits per heavy atom. The molecule has 6 heteroatoms. The van der Waals surface area contributed by atoms with Gasteiger partial charge < -0.3 is 9.41 Å². The van der Waals surface area contributed by atoms with Crippen molar-refractivity contribution in [3.05, 3.63) is 70.3 Å². The van der Waals surface area contributed by atoms with Gasteiger partial charge in [0, 0.05) is 23.6 Å². The number of anilines is 1. The highest BCUT2D eigenvalue weighted by molar-refractivity contribution is 7.99. The average Bonchev–Trinajstić information content (AvgIpc) is 2.72. The van der Waals surface area contributed by atoms with E-state index in [0.717, 1.165) is 50.2 Å². The molecule has 1 aromatic heterocycles. The van der Waals surface area contributed by atoms with Crippen LogP contribution >= 0.6 is 11.9 Å². The largest absolute Gasteiger partial charge is 0.481 e. The Kier molecular flexibility index (Phi) is 5.28. The van der Waals surface area contributed by atoms with E-state index in [9.17, 15) is 14.3 Å². The maximum absolute atomic E-state index is 14.6. The van der Waals surface area contributed by atoms with E-state index in [1.807, 2.05) is 61.7 Å². The van der Waals surface area contributed by atoms with E-state index in [-0.39, 0.29) is 6.42 Å². The molecule has 4 nitrogen and oxygen atoms in total. The lowest BCUT2D eigenvalue weighted by molar-refractivity contribution is -0.136. The van der Waals surface area contributed by atoms with Gasteiger partial charge >= 0.3 is 5.97 Å². The van der Waals surface area contributed by atoms with E-state index in [1.54, 1.807) is 0 Å². The van der Waals surface area contributed by atoms with Gasteiger partial charge in [-0.1, -0.05) is 41.8 Å². The third-order valence-corrected chi connectivity index (χ3v) is 6.56. The van der Waals surface area contributed by atoms with Crippen molar-refractivity contribution in [1.29, 1.82) is 0 Å². The number of aromatic nitrogens is 1. The summed E-state index contributed by atoms with van der Waals surface area (Å²) in [7, 11) is 0. The average molecular weight is 423 g/mol. The maximum atomic E-state index is 14.6. The predicted octanol–water partition coefficient (Wildman–Crippen LogP) is 5.71. The molecule has 0 saturated heterocycles. The number of halogens is 1. The number of fused-ring (bicyclic) bond motifs is 3. The van der Waals surface area contributed by atoms with E-state index >= 15 is 0 Å². The zero-order chi connectivity index (χ0) is 21.6. The van der Waals surface area contributed by atoms with Crippen LogP contribution in [0.15, 0.2) is 36.5 Å². The normalized spacial score (nSPS) is 12.5. The second-order valence-corrected chi connectivity index (χ2v) is 8.42. The number of rotatable bonds is 4. The molecular weight excluding hydrogens is 399 g/mol. The van der Waals surface area contributed by atoms with E-state index in [0.29, 0.717) is 12.1 Å². The molecule has 2 heterocycles. The minimum atomic E-state index is -0.868. The number of hydrogen-bond acceptors (Lipinski definition) is 4. The zero-order valence-corrected chi connectivity index (χ0v) is 18.2. The minimum Gasteiger partial charge on any atom is -0.481 e. The molecule has 0 spiro atoms. The standard InChI is InChI=1S/C24H23FN2O2S/c1-13-5-7-16(8-6-13)21-15(3)22-17-9-10-26-24(25)19(17)12-27(30-4)23(22)14(2)18(21)11-20(28)29/h5-10H,11-12H2,1-4H3,(H,28,29). The molecule has 3 aromatic rings. The van der Waals surface area contributed by atoms with Gasteiger partial charge in [0.15, 0.2) is 0 Å². The molecule has 0 radical (unpaired) electrons. The fourth-order valence-corrected chi connectivity index (χ4v) is 5.07. The fourth-order valence-electron chi connectivity index (χ4n) is 4.40. The number of aryl methyl sites for hydroxylation is 1. The Morgan fingerprint density at radius 1 is 1.13 bits per heavy atom. The lowest BCUT2D eigenvalue weighted by Gasteiger charge is -2.35. The number of carboxylic acids is 1. The fraction of sp³-hybridized carbons (Fsp3) is 0.250. The molecular formula is C24H23FN2O2S. The zero-order valence-electron chi connectivity index (χ0n) is 17.4. The van der Waals surface area contributed by atoms with Gasteiger partial charge in [-0.25, -0.2) is 4.98 Å². The number of nitrogens with zero attached hydrogens (tertiary/aromatic N) is 2. The molecule has 0 saturated carbocycles. The van der Waals surface area contributed by atoms with Crippen LogP contribution in [0.3, 0.4) is 0 Å². The summed E-state index contributed by atoms with van der Waals surface area (Å²) in [5.41, 5.74) is 9.03. The molecule has 0 bridgehead atoms. The number of aliphatic carboxylic acids is 1. The first-order chi connectivity index (χ1) is 14.3. The van der Waals surface area contributed by atoms with Gasteiger partial charge in [0.25, 0.3) is 0 Å². The highest BCUT2D eigenvalue weighted by atomic mass is 32.2. The van der Waals surface area contributed by atoms with Gasteiger partial charge in [0.05, 0.1) is 18.7 Å². The second-order valence-electron chi connectivity index (χ2n) is 7.61. The van der Waals surface area contributed by atoms with Crippen molar-refractivity contribution >= 4 is 23.6 Å². The van der Waals surface area contributed by atoms with Crippen LogP contribution in [-0.4, -0.2) is 22.3 Å². The van der Waals surface area contributed by atoms with Gasteiger partial charge in [-0.3, -0.25) is 4.79 Å². The Balaban J connectivity index is 2.12. The number of benzene rings is 2. The molecule has 30 heavy (non-hydrogen) atoms. The lowest BCUT2D eigenvalue weighted by atomic mass is 9.81.